The van der Waals surface area contributed by atoms with Crippen molar-refractivity contribution < 1.29 is 9.53 Å². The maximum atomic E-state index is 11.0. The third kappa shape index (κ3) is 4.27. The number of rotatable bonds is 2. The van der Waals surface area contributed by atoms with Crippen LogP contribution in [-0.4, -0.2) is 17.8 Å². The number of carbonyl (C=O) groups is 1. The summed E-state index contributed by atoms with van der Waals surface area (Å²) in [5.41, 5.74) is 1.95. The van der Waals surface area contributed by atoms with E-state index in [9.17, 15) is 4.79 Å². The first-order chi connectivity index (χ1) is 7.61. The molecule has 2 N–H and O–H groups in total. The predicted molar refractivity (Wildman–Crippen MR) is 67.6 cm³/mol. The van der Waals surface area contributed by atoms with E-state index in [1.54, 1.807) is 6.92 Å². The van der Waals surface area contributed by atoms with Crippen LogP contribution in [0.25, 0.3) is 0 Å². The molecule has 1 aromatic rings. The highest BCUT2D eigenvalue weighted by Gasteiger charge is 2.04. The van der Waals surface area contributed by atoms with Crippen LogP contribution in [0.4, 0.5) is 10.5 Å². The monoisotopic (exact) mass is 238 g/mol. The van der Waals surface area contributed by atoms with Gasteiger partial charge in [-0.05, 0) is 43.8 Å². The molecule has 1 aromatic carbocycles. The Morgan fingerprint density at radius 3 is 2.88 bits per heavy atom. The minimum absolute atomic E-state index is 0.226. The molecule has 0 aliphatic heterocycles. The zero-order valence-electron chi connectivity index (χ0n) is 9.24. The summed E-state index contributed by atoms with van der Waals surface area (Å²) in [6, 6.07) is 7.68. The zero-order valence-corrected chi connectivity index (χ0v) is 10.1. The van der Waals surface area contributed by atoms with Gasteiger partial charge in [0.25, 0.3) is 0 Å². The van der Waals surface area contributed by atoms with E-state index >= 15 is 0 Å². The van der Waals surface area contributed by atoms with Crippen LogP contribution in [-0.2, 0) is 4.74 Å². The Balaban J connectivity index is 2.48. The van der Waals surface area contributed by atoms with Crippen molar-refractivity contribution in [2.45, 2.75) is 13.8 Å². The summed E-state index contributed by atoms with van der Waals surface area (Å²) in [6.07, 6.45) is -0.548. The third-order valence-corrected chi connectivity index (χ3v) is 1.97. The van der Waals surface area contributed by atoms with Crippen LogP contribution in [0.15, 0.2) is 24.3 Å². The fraction of sp³-hybridized carbons (Fsp3) is 0.273. The molecule has 0 aliphatic rings. The highest BCUT2D eigenvalue weighted by Crippen LogP contribution is 2.08. The molecule has 0 atom stereocenters. The van der Waals surface area contributed by atoms with Gasteiger partial charge < -0.3 is 10.1 Å². The average molecular weight is 238 g/mol. The van der Waals surface area contributed by atoms with E-state index in [-0.39, 0.29) is 5.11 Å². The number of anilines is 1. The standard InChI is InChI=1S/C11H14N2O2S/c1-3-15-11(14)13-10(16)12-9-6-4-5-8(2)7-9/h4-7H,3H2,1-2H3,(H2,12,13,14,16). The van der Waals surface area contributed by atoms with Gasteiger partial charge in [0.05, 0.1) is 6.61 Å². The van der Waals surface area contributed by atoms with Crippen molar-refractivity contribution >= 4 is 29.1 Å². The molecular formula is C11H14N2O2S. The Hall–Kier alpha value is -1.62. The van der Waals surface area contributed by atoms with Gasteiger partial charge in [-0.1, -0.05) is 12.1 Å². The van der Waals surface area contributed by atoms with E-state index in [2.05, 4.69) is 10.6 Å². The summed E-state index contributed by atoms with van der Waals surface area (Å²) >= 11 is 4.95. The number of amides is 1. The Labute approximate surface area is 100.0 Å². The average Bonchev–Trinajstić information content (AvgIpc) is 2.17. The van der Waals surface area contributed by atoms with Gasteiger partial charge in [0.15, 0.2) is 5.11 Å². The Bertz CT molecular complexity index is 393. The first-order valence-electron chi connectivity index (χ1n) is 4.93. The van der Waals surface area contributed by atoms with Gasteiger partial charge in [-0.25, -0.2) is 4.79 Å². The third-order valence-electron chi connectivity index (χ3n) is 1.77. The second kappa shape index (κ2) is 6.07. The molecule has 16 heavy (non-hydrogen) atoms. The molecule has 0 radical (unpaired) electrons. The van der Waals surface area contributed by atoms with Gasteiger partial charge in [0.2, 0.25) is 0 Å². The Morgan fingerprint density at radius 2 is 2.25 bits per heavy atom. The second-order valence-electron chi connectivity index (χ2n) is 3.17. The van der Waals surface area contributed by atoms with Crippen LogP contribution >= 0.6 is 12.2 Å². The zero-order chi connectivity index (χ0) is 12.0. The van der Waals surface area contributed by atoms with Crippen LogP contribution < -0.4 is 10.6 Å². The van der Waals surface area contributed by atoms with Crippen LogP contribution in [0.1, 0.15) is 12.5 Å². The lowest BCUT2D eigenvalue weighted by Crippen LogP contribution is -2.34. The molecule has 0 spiro atoms. The maximum Gasteiger partial charge on any atom is 0.413 e. The quantitative estimate of drug-likeness (QED) is 0.777. The van der Waals surface area contributed by atoms with Gasteiger partial charge in [0.1, 0.15) is 0 Å². The number of benzene rings is 1. The number of hydrogen-bond donors (Lipinski definition) is 2. The molecule has 0 heterocycles. The summed E-state index contributed by atoms with van der Waals surface area (Å²) in [5, 5.41) is 5.53. The van der Waals surface area contributed by atoms with Crippen molar-refractivity contribution in [3.05, 3.63) is 29.8 Å². The van der Waals surface area contributed by atoms with E-state index < -0.39 is 6.09 Å². The van der Waals surface area contributed by atoms with Crippen LogP contribution in [0.2, 0.25) is 0 Å². The molecule has 0 aliphatic carbocycles. The van der Waals surface area contributed by atoms with E-state index in [0.29, 0.717) is 6.61 Å². The smallest absolute Gasteiger partial charge is 0.413 e. The van der Waals surface area contributed by atoms with Crippen molar-refractivity contribution in [1.29, 1.82) is 0 Å². The van der Waals surface area contributed by atoms with Crippen LogP contribution in [0.3, 0.4) is 0 Å². The van der Waals surface area contributed by atoms with Crippen LogP contribution in [0.5, 0.6) is 0 Å². The number of alkyl carbamates (subject to hydrolysis) is 1. The molecule has 5 heteroatoms. The molecule has 0 saturated carbocycles. The van der Waals surface area contributed by atoms with Crippen molar-refractivity contribution in [2.75, 3.05) is 11.9 Å². The van der Waals surface area contributed by atoms with Crippen LogP contribution in [0, 0.1) is 6.92 Å². The fourth-order valence-corrected chi connectivity index (χ4v) is 1.35. The summed E-state index contributed by atoms with van der Waals surface area (Å²) in [4.78, 5) is 11.0. The lowest BCUT2D eigenvalue weighted by atomic mass is 10.2. The maximum absolute atomic E-state index is 11.0. The molecule has 0 fully saturated rings. The van der Waals surface area contributed by atoms with Gasteiger partial charge in [0, 0.05) is 5.69 Å². The van der Waals surface area contributed by atoms with Gasteiger partial charge in [-0.15, -0.1) is 0 Å². The number of nitrogens with one attached hydrogen (secondary N) is 2. The fourth-order valence-electron chi connectivity index (χ4n) is 1.15. The van der Waals surface area contributed by atoms with Crippen molar-refractivity contribution in [2.24, 2.45) is 0 Å². The molecule has 0 unspecified atom stereocenters. The highest BCUT2D eigenvalue weighted by atomic mass is 32.1. The topological polar surface area (TPSA) is 50.4 Å². The lowest BCUT2D eigenvalue weighted by Gasteiger charge is -2.09. The Morgan fingerprint density at radius 1 is 1.50 bits per heavy atom. The SMILES string of the molecule is CCOC(=O)NC(=S)Nc1cccc(C)c1. The Kier molecular flexibility index (Phi) is 4.72. The highest BCUT2D eigenvalue weighted by molar-refractivity contribution is 7.80. The number of hydrogen-bond acceptors (Lipinski definition) is 3. The number of ether oxygens (including phenoxy) is 1. The molecule has 1 amide bonds. The van der Waals surface area contributed by atoms with Crippen molar-refractivity contribution in [1.82, 2.24) is 5.32 Å². The molecule has 1 rings (SSSR count). The molecule has 86 valence electrons. The van der Waals surface area contributed by atoms with Gasteiger partial charge in [-0.3, -0.25) is 5.32 Å². The molecule has 4 nitrogen and oxygen atoms in total. The summed E-state index contributed by atoms with van der Waals surface area (Å²) in [7, 11) is 0. The number of thiocarbonyl (C=S) groups is 1. The minimum atomic E-state index is -0.548. The molecule has 0 aromatic heterocycles. The molecular weight excluding hydrogens is 224 g/mol. The summed E-state index contributed by atoms with van der Waals surface area (Å²) in [5.74, 6) is 0. The number of carbonyl (C=O) groups excluding carboxylic acids is 1. The normalized spacial score (nSPS) is 9.38. The second-order valence-corrected chi connectivity index (χ2v) is 3.58. The van der Waals surface area contributed by atoms with Crippen molar-refractivity contribution in [3.63, 3.8) is 0 Å². The predicted octanol–water partition coefficient (Wildman–Crippen LogP) is 2.44. The lowest BCUT2D eigenvalue weighted by molar-refractivity contribution is 0.158. The van der Waals surface area contributed by atoms with E-state index in [1.165, 1.54) is 0 Å². The van der Waals surface area contributed by atoms with Crippen molar-refractivity contribution in [3.8, 4) is 0 Å². The van der Waals surface area contributed by atoms with E-state index in [1.807, 2.05) is 31.2 Å². The minimum Gasteiger partial charge on any atom is -0.450 e. The first kappa shape index (κ1) is 12.4. The van der Waals surface area contributed by atoms with Gasteiger partial charge in [-0.2, -0.15) is 0 Å². The number of aryl methyl sites for hydroxylation is 1. The largest absolute Gasteiger partial charge is 0.450 e. The molecule has 0 bridgehead atoms. The summed E-state index contributed by atoms with van der Waals surface area (Å²) < 4.78 is 4.70. The molecule has 0 saturated heterocycles. The summed E-state index contributed by atoms with van der Waals surface area (Å²) in [6.45, 7) is 4.03. The van der Waals surface area contributed by atoms with Gasteiger partial charge >= 0.3 is 6.09 Å². The first-order valence-corrected chi connectivity index (χ1v) is 5.34. The van der Waals surface area contributed by atoms with E-state index in [0.717, 1.165) is 11.3 Å². The van der Waals surface area contributed by atoms with E-state index in [4.69, 9.17) is 17.0 Å².